The Morgan fingerprint density at radius 1 is 1.24 bits per heavy atom. The zero-order valence-corrected chi connectivity index (χ0v) is 10.8. The van der Waals surface area contributed by atoms with Crippen molar-refractivity contribution in [1.82, 2.24) is 0 Å². The molecule has 1 unspecified atom stereocenters. The second kappa shape index (κ2) is 5.21. The first-order chi connectivity index (χ1) is 7.91. The van der Waals surface area contributed by atoms with Gasteiger partial charge in [0, 0.05) is 4.91 Å². The number of sulfone groups is 1. The van der Waals surface area contributed by atoms with E-state index in [2.05, 4.69) is 10.0 Å². The third-order valence-electron chi connectivity index (χ3n) is 2.52. The van der Waals surface area contributed by atoms with Gasteiger partial charge in [0.25, 0.3) is 0 Å². The molecule has 1 aromatic carbocycles. The summed E-state index contributed by atoms with van der Waals surface area (Å²) in [6, 6.07) is 6.13. The average molecular weight is 253 g/mol. The number of hydrogen-bond donors (Lipinski definition) is 0. The first-order valence-corrected chi connectivity index (χ1v) is 6.83. The van der Waals surface area contributed by atoms with Gasteiger partial charge in [0.15, 0.2) is 9.84 Å². The zero-order valence-electron chi connectivity index (χ0n) is 10.0. The van der Waals surface area contributed by atoms with Crippen molar-refractivity contribution >= 4 is 9.84 Å². The summed E-state index contributed by atoms with van der Waals surface area (Å²) in [4.78, 5) is 2.96. The SMILES string of the molecule is CC(N=[N+]=[N-])c1ccccc1S(=O)(=O)C(C)C. The molecule has 0 spiro atoms. The molecule has 1 aromatic rings. The highest BCUT2D eigenvalue weighted by Crippen LogP contribution is 2.27. The highest BCUT2D eigenvalue weighted by Gasteiger charge is 2.23. The van der Waals surface area contributed by atoms with Gasteiger partial charge in [0.2, 0.25) is 0 Å². The van der Waals surface area contributed by atoms with Crippen molar-refractivity contribution in [3.05, 3.63) is 40.3 Å². The van der Waals surface area contributed by atoms with Crippen LogP contribution in [0.15, 0.2) is 34.3 Å². The predicted molar refractivity (Wildman–Crippen MR) is 66.3 cm³/mol. The van der Waals surface area contributed by atoms with Crippen LogP contribution in [0.5, 0.6) is 0 Å². The maximum Gasteiger partial charge on any atom is 0.180 e. The van der Waals surface area contributed by atoms with Crippen molar-refractivity contribution in [2.45, 2.75) is 37.0 Å². The Balaban J connectivity index is 3.41. The lowest BCUT2D eigenvalue weighted by atomic mass is 10.1. The minimum atomic E-state index is -3.35. The number of azide groups is 1. The maximum absolute atomic E-state index is 12.1. The van der Waals surface area contributed by atoms with E-state index >= 15 is 0 Å². The Kier molecular flexibility index (Phi) is 4.15. The first kappa shape index (κ1) is 13.5. The van der Waals surface area contributed by atoms with Gasteiger partial charge in [-0.05, 0) is 31.0 Å². The smallest absolute Gasteiger partial charge is 0.180 e. The number of nitrogens with zero attached hydrogens (tertiary/aromatic N) is 3. The van der Waals surface area contributed by atoms with Crippen LogP contribution in [0.2, 0.25) is 0 Å². The fraction of sp³-hybridized carbons (Fsp3) is 0.455. The molecule has 0 bridgehead atoms. The molecule has 0 amide bonds. The van der Waals surface area contributed by atoms with Crippen molar-refractivity contribution in [1.29, 1.82) is 0 Å². The van der Waals surface area contributed by atoms with Gasteiger partial charge >= 0.3 is 0 Å². The average Bonchev–Trinajstić information content (AvgIpc) is 2.29. The van der Waals surface area contributed by atoms with E-state index in [9.17, 15) is 8.42 Å². The predicted octanol–water partition coefficient (Wildman–Crippen LogP) is 3.24. The molecule has 0 heterocycles. The molecule has 0 aliphatic rings. The monoisotopic (exact) mass is 253 g/mol. The molecule has 5 nitrogen and oxygen atoms in total. The summed E-state index contributed by atoms with van der Waals surface area (Å²) in [5, 5.41) is 3.05. The van der Waals surface area contributed by atoms with Crippen LogP contribution in [0.4, 0.5) is 0 Å². The summed E-state index contributed by atoms with van der Waals surface area (Å²) in [5.74, 6) is 0. The standard InChI is InChI=1S/C11H15N3O2S/c1-8(2)17(15,16)11-7-5-4-6-10(11)9(3)13-14-12/h4-9H,1-3H3. The largest absolute Gasteiger partial charge is 0.223 e. The Morgan fingerprint density at radius 3 is 2.35 bits per heavy atom. The van der Waals surface area contributed by atoms with Crippen LogP contribution >= 0.6 is 0 Å². The van der Waals surface area contributed by atoms with E-state index in [1.807, 2.05) is 0 Å². The summed E-state index contributed by atoms with van der Waals surface area (Å²) < 4.78 is 24.3. The molecule has 17 heavy (non-hydrogen) atoms. The normalized spacial score (nSPS) is 13.2. The quantitative estimate of drug-likeness (QED) is 0.468. The number of rotatable bonds is 4. The lowest BCUT2D eigenvalue weighted by Crippen LogP contribution is -2.16. The van der Waals surface area contributed by atoms with E-state index in [-0.39, 0.29) is 4.90 Å². The molecule has 92 valence electrons. The summed E-state index contributed by atoms with van der Waals surface area (Å²) in [7, 11) is -3.35. The van der Waals surface area contributed by atoms with E-state index in [1.54, 1.807) is 45.0 Å². The van der Waals surface area contributed by atoms with Crippen molar-refractivity contribution in [3.63, 3.8) is 0 Å². The molecule has 0 radical (unpaired) electrons. The van der Waals surface area contributed by atoms with Crippen molar-refractivity contribution < 1.29 is 8.42 Å². The third kappa shape index (κ3) is 2.78. The van der Waals surface area contributed by atoms with Crippen LogP contribution in [0.3, 0.4) is 0 Å². The van der Waals surface area contributed by atoms with Gasteiger partial charge in [-0.1, -0.05) is 30.2 Å². The maximum atomic E-state index is 12.1. The molecular formula is C11H15N3O2S. The molecular weight excluding hydrogens is 238 g/mol. The fourth-order valence-corrected chi connectivity index (χ4v) is 2.82. The van der Waals surface area contributed by atoms with E-state index in [1.165, 1.54) is 0 Å². The van der Waals surface area contributed by atoms with Gasteiger partial charge in [0.1, 0.15) is 0 Å². The van der Waals surface area contributed by atoms with Gasteiger partial charge < -0.3 is 0 Å². The zero-order chi connectivity index (χ0) is 13.1. The highest BCUT2D eigenvalue weighted by atomic mass is 32.2. The van der Waals surface area contributed by atoms with Gasteiger partial charge in [-0.15, -0.1) is 0 Å². The second-order valence-corrected chi connectivity index (χ2v) is 6.49. The summed E-state index contributed by atoms with van der Waals surface area (Å²) in [5.41, 5.74) is 8.95. The van der Waals surface area contributed by atoms with Crippen LogP contribution in [-0.4, -0.2) is 13.7 Å². The molecule has 1 atom stereocenters. The lowest BCUT2D eigenvalue weighted by molar-refractivity contribution is 0.584. The van der Waals surface area contributed by atoms with Gasteiger partial charge in [-0.2, -0.15) is 0 Å². The Hall–Kier alpha value is -1.52. The van der Waals surface area contributed by atoms with Crippen LogP contribution in [-0.2, 0) is 9.84 Å². The molecule has 0 aromatic heterocycles. The molecule has 6 heteroatoms. The first-order valence-electron chi connectivity index (χ1n) is 5.28. The van der Waals surface area contributed by atoms with Crippen molar-refractivity contribution in [2.75, 3.05) is 0 Å². The van der Waals surface area contributed by atoms with E-state index < -0.39 is 21.1 Å². The number of benzene rings is 1. The highest BCUT2D eigenvalue weighted by molar-refractivity contribution is 7.92. The lowest BCUT2D eigenvalue weighted by Gasteiger charge is -2.14. The Bertz CT molecular complexity index is 546. The van der Waals surface area contributed by atoms with Gasteiger partial charge in [0.05, 0.1) is 16.2 Å². The Morgan fingerprint density at radius 2 is 1.82 bits per heavy atom. The molecule has 1 rings (SSSR count). The second-order valence-electron chi connectivity index (χ2n) is 4.01. The summed E-state index contributed by atoms with van der Waals surface area (Å²) in [6.45, 7) is 4.93. The molecule has 0 fully saturated rings. The summed E-state index contributed by atoms with van der Waals surface area (Å²) in [6.07, 6.45) is 0. The van der Waals surface area contributed by atoms with Gasteiger partial charge in [-0.3, -0.25) is 0 Å². The molecule has 0 N–H and O–H groups in total. The molecule has 0 aliphatic heterocycles. The fourth-order valence-electron chi connectivity index (χ4n) is 1.48. The van der Waals surface area contributed by atoms with Crippen LogP contribution in [0, 0.1) is 0 Å². The number of hydrogen-bond acceptors (Lipinski definition) is 3. The molecule has 0 saturated heterocycles. The van der Waals surface area contributed by atoms with Gasteiger partial charge in [-0.25, -0.2) is 8.42 Å². The van der Waals surface area contributed by atoms with Crippen molar-refractivity contribution in [2.24, 2.45) is 5.11 Å². The molecule has 0 aliphatic carbocycles. The topological polar surface area (TPSA) is 82.9 Å². The molecule has 0 saturated carbocycles. The third-order valence-corrected chi connectivity index (χ3v) is 4.75. The van der Waals surface area contributed by atoms with E-state index in [0.717, 1.165) is 0 Å². The van der Waals surface area contributed by atoms with Crippen molar-refractivity contribution in [3.8, 4) is 0 Å². The minimum absolute atomic E-state index is 0.245. The van der Waals surface area contributed by atoms with Crippen LogP contribution in [0.25, 0.3) is 10.4 Å². The summed E-state index contributed by atoms with van der Waals surface area (Å²) >= 11 is 0. The minimum Gasteiger partial charge on any atom is -0.223 e. The Labute approximate surface area is 101 Å². The van der Waals surface area contributed by atoms with Crippen LogP contribution in [0.1, 0.15) is 32.4 Å². The van der Waals surface area contributed by atoms with E-state index in [0.29, 0.717) is 5.56 Å². The van der Waals surface area contributed by atoms with Crippen LogP contribution < -0.4 is 0 Å². The van der Waals surface area contributed by atoms with E-state index in [4.69, 9.17) is 5.53 Å².